The zero-order valence-electron chi connectivity index (χ0n) is 30.8. The number of aryl methyl sites for hydroxylation is 1. The number of thiophene rings is 1. The number of hydrazine groups is 1. The van der Waals surface area contributed by atoms with Crippen molar-refractivity contribution < 1.29 is 4.11 Å². The summed E-state index contributed by atoms with van der Waals surface area (Å²) in [6, 6.07) is 55.9. The first-order chi connectivity index (χ1) is 26.9. The Balaban J connectivity index is 1.35. The molecule has 10 aromatic rings. The molecule has 0 unspecified atom stereocenters. The smallest absolute Gasteiger partial charge is 0.246 e. The third kappa shape index (κ3) is 4.20. The molecule has 0 fully saturated rings. The van der Waals surface area contributed by atoms with Gasteiger partial charge in [0.05, 0.1) is 33.0 Å². The third-order valence-corrected chi connectivity index (χ3v) is 11.4. The molecule has 0 radical (unpaired) electrons. The summed E-state index contributed by atoms with van der Waals surface area (Å²) in [7, 11) is 0. The summed E-state index contributed by atoms with van der Waals surface area (Å²) in [5.41, 5.74) is 7.84. The highest BCUT2D eigenvalue weighted by Crippen LogP contribution is 2.59. The number of nitrogens with zero attached hydrogens (tertiary/aromatic N) is 4. The molecular formula is C47H30N4S. The van der Waals surface area contributed by atoms with Crippen LogP contribution in [0.4, 0.5) is 23.0 Å². The van der Waals surface area contributed by atoms with Crippen LogP contribution in [0.1, 0.15) is 9.68 Å². The molecule has 0 amide bonds. The lowest BCUT2D eigenvalue weighted by molar-refractivity contribution is 0.933. The normalized spacial score (nSPS) is 13.7. The Bertz CT molecular complexity index is 3160. The number of benzene rings is 8. The van der Waals surface area contributed by atoms with E-state index in [0.717, 1.165) is 71.2 Å². The van der Waals surface area contributed by atoms with Crippen LogP contribution >= 0.6 is 11.3 Å². The van der Waals surface area contributed by atoms with Crippen molar-refractivity contribution in [3.05, 3.63) is 169 Å². The first kappa shape index (κ1) is 26.3. The number of hydrogen-bond acceptors (Lipinski definition) is 5. The molecule has 1 aliphatic heterocycles. The van der Waals surface area contributed by atoms with Gasteiger partial charge in [0.15, 0.2) is 0 Å². The highest BCUT2D eigenvalue weighted by atomic mass is 32.1. The van der Waals surface area contributed by atoms with Crippen molar-refractivity contribution in [1.82, 2.24) is 9.97 Å². The Morgan fingerprint density at radius 2 is 1.23 bits per heavy atom. The van der Waals surface area contributed by atoms with Crippen molar-refractivity contribution in [2.24, 2.45) is 0 Å². The van der Waals surface area contributed by atoms with Gasteiger partial charge in [0, 0.05) is 41.7 Å². The van der Waals surface area contributed by atoms with Crippen LogP contribution in [0, 0.1) is 6.85 Å². The number of rotatable bonds is 3. The van der Waals surface area contributed by atoms with Crippen LogP contribution in [0.25, 0.3) is 75.0 Å². The molecule has 2 aromatic heterocycles. The van der Waals surface area contributed by atoms with E-state index in [-0.39, 0.29) is 5.56 Å². The van der Waals surface area contributed by atoms with E-state index in [1.807, 2.05) is 48.5 Å². The van der Waals surface area contributed by atoms with Gasteiger partial charge in [-0.1, -0.05) is 139 Å². The molecule has 0 saturated carbocycles. The Morgan fingerprint density at radius 1 is 0.538 bits per heavy atom. The molecule has 8 aromatic carbocycles. The number of anilines is 4. The molecule has 52 heavy (non-hydrogen) atoms. The monoisotopic (exact) mass is 685 g/mol. The summed E-state index contributed by atoms with van der Waals surface area (Å²) in [4.78, 5) is 10.9. The van der Waals surface area contributed by atoms with Crippen LogP contribution in [0.15, 0.2) is 164 Å². The molecule has 1 aliphatic rings. The Morgan fingerprint density at radius 3 is 2.06 bits per heavy atom. The van der Waals surface area contributed by atoms with Crippen LogP contribution in [0.2, 0.25) is 0 Å². The minimum absolute atomic E-state index is 0.283. The van der Waals surface area contributed by atoms with Crippen molar-refractivity contribution in [2.45, 2.75) is 6.85 Å². The number of hydrogen-bond donors (Lipinski definition) is 0. The fourth-order valence-electron chi connectivity index (χ4n) is 8.02. The molecular weight excluding hydrogens is 653 g/mol. The fourth-order valence-corrected chi connectivity index (χ4v) is 9.28. The number of fused-ring (bicyclic) bond motifs is 13. The molecule has 3 heterocycles. The van der Waals surface area contributed by atoms with Gasteiger partial charge in [-0.2, -0.15) is 0 Å². The fraction of sp³-hybridized carbons (Fsp3) is 0.0213. The second-order valence-electron chi connectivity index (χ2n) is 13.2. The van der Waals surface area contributed by atoms with Gasteiger partial charge in [-0.05, 0) is 58.7 Å². The van der Waals surface area contributed by atoms with Crippen molar-refractivity contribution in [3.63, 3.8) is 0 Å². The van der Waals surface area contributed by atoms with E-state index in [1.54, 1.807) is 23.5 Å². The van der Waals surface area contributed by atoms with Crippen LogP contribution in [0.3, 0.4) is 0 Å². The maximum absolute atomic E-state index is 8.16. The minimum atomic E-state index is -2.24. The van der Waals surface area contributed by atoms with E-state index in [2.05, 4.69) is 113 Å². The number of para-hydroxylation sites is 1. The van der Waals surface area contributed by atoms with E-state index in [0.29, 0.717) is 5.95 Å². The van der Waals surface area contributed by atoms with Gasteiger partial charge >= 0.3 is 0 Å². The van der Waals surface area contributed by atoms with Gasteiger partial charge in [-0.15, -0.1) is 11.3 Å². The van der Waals surface area contributed by atoms with Crippen molar-refractivity contribution in [2.75, 3.05) is 10.0 Å². The predicted octanol–water partition coefficient (Wildman–Crippen LogP) is 13.2. The molecule has 0 bridgehead atoms. The Labute approximate surface area is 308 Å². The van der Waals surface area contributed by atoms with Gasteiger partial charge in [0.25, 0.3) is 5.95 Å². The molecule has 5 heteroatoms. The average molecular weight is 686 g/mol. The molecule has 244 valence electrons. The summed E-state index contributed by atoms with van der Waals surface area (Å²) < 4.78 is 26.8. The molecule has 0 aliphatic carbocycles. The van der Waals surface area contributed by atoms with Gasteiger partial charge in [0.1, 0.15) is 0 Å². The molecule has 0 N–H and O–H groups in total. The lowest BCUT2D eigenvalue weighted by Gasteiger charge is -2.43. The number of aromatic nitrogens is 2. The maximum atomic E-state index is 8.16. The SMILES string of the molecule is [2H]C([2H])([2H])c1ccc(N2c3ccc4ccccc4c3-c3c(c4sc5ccccc5c4c4ccccc34)N2c2nc(-c3ccccc3)c3ccccc3n2)cc1. The predicted molar refractivity (Wildman–Crippen MR) is 220 cm³/mol. The van der Waals surface area contributed by atoms with Gasteiger partial charge in [-0.3, -0.25) is 0 Å². The van der Waals surface area contributed by atoms with Crippen molar-refractivity contribution >= 4 is 87.0 Å². The summed E-state index contributed by atoms with van der Waals surface area (Å²) in [6.45, 7) is -2.24. The second-order valence-corrected chi connectivity index (χ2v) is 14.2. The van der Waals surface area contributed by atoms with Gasteiger partial charge in [0.2, 0.25) is 0 Å². The first-order valence-corrected chi connectivity index (χ1v) is 18.2. The second kappa shape index (κ2) is 11.2. The summed E-state index contributed by atoms with van der Waals surface area (Å²) in [5, 5.41) is 12.3. The van der Waals surface area contributed by atoms with Crippen LogP contribution in [0.5, 0.6) is 0 Å². The molecule has 11 rings (SSSR count). The third-order valence-electron chi connectivity index (χ3n) is 10.3. The van der Waals surface area contributed by atoms with E-state index < -0.39 is 6.85 Å². The lowest BCUT2D eigenvalue weighted by Crippen LogP contribution is -2.40. The molecule has 0 atom stereocenters. The lowest BCUT2D eigenvalue weighted by atomic mass is 9.87. The van der Waals surface area contributed by atoms with Gasteiger partial charge in [-0.25, -0.2) is 20.0 Å². The standard InChI is InChI=1S/C47H30N4S/c1-29-23-26-32(27-24-29)50-39-28-25-30-13-5-6-16-33(30)42(39)43-35-18-8-7-17-34(35)41-37-20-10-12-22-40(37)52-46(41)45(43)51(50)47-48-38-21-11-9-19-36(38)44(49-47)31-14-3-2-4-15-31/h2-28H,1H3/i1D3. The zero-order valence-corrected chi connectivity index (χ0v) is 28.6. The van der Waals surface area contributed by atoms with E-state index >= 15 is 0 Å². The largest absolute Gasteiger partial charge is 0.251 e. The molecule has 4 nitrogen and oxygen atoms in total. The highest BCUT2D eigenvalue weighted by Gasteiger charge is 2.38. The quantitative estimate of drug-likeness (QED) is 0.185. The zero-order chi connectivity index (χ0) is 36.8. The average Bonchev–Trinajstić information content (AvgIpc) is 3.62. The Hall–Kier alpha value is -6.56. The Kier molecular flexibility index (Phi) is 5.67. The van der Waals surface area contributed by atoms with Crippen LogP contribution < -0.4 is 10.0 Å². The van der Waals surface area contributed by atoms with Crippen molar-refractivity contribution in [1.29, 1.82) is 0 Å². The minimum Gasteiger partial charge on any atom is -0.246 e. The molecule has 0 spiro atoms. The first-order valence-electron chi connectivity index (χ1n) is 18.8. The van der Waals surface area contributed by atoms with Crippen molar-refractivity contribution in [3.8, 4) is 22.4 Å². The van der Waals surface area contributed by atoms with Crippen LogP contribution in [-0.2, 0) is 0 Å². The molecule has 0 saturated heterocycles. The topological polar surface area (TPSA) is 32.3 Å². The van der Waals surface area contributed by atoms with E-state index in [4.69, 9.17) is 14.1 Å². The summed E-state index contributed by atoms with van der Waals surface area (Å²) >= 11 is 1.78. The van der Waals surface area contributed by atoms with E-state index in [9.17, 15) is 0 Å². The summed E-state index contributed by atoms with van der Waals surface area (Å²) in [5.74, 6) is 0.506. The van der Waals surface area contributed by atoms with Gasteiger partial charge < -0.3 is 0 Å². The maximum Gasteiger partial charge on any atom is 0.251 e. The summed E-state index contributed by atoms with van der Waals surface area (Å²) in [6.07, 6.45) is 0. The van der Waals surface area contributed by atoms with E-state index in [1.165, 1.54) is 20.9 Å². The van der Waals surface area contributed by atoms with Crippen LogP contribution in [-0.4, -0.2) is 9.97 Å². The highest BCUT2D eigenvalue weighted by molar-refractivity contribution is 7.26.